The zero-order valence-electron chi connectivity index (χ0n) is 15.4. The first-order valence-corrected chi connectivity index (χ1v) is 8.33. The Hall–Kier alpha value is -2.46. The molecule has 1 heterocycles. The van der Waals surface area contributed by atoms with Crippen molar-refractivity contribution in [3.8, 4) is 0 Å². The van der Waals surface area contributed by atoms with E-state index in [2.05, 4.69) is 0 Å². The van der Waals surface area contributed by atoms with E-state index in [1.807, 2.05) is 38.1 Å². The van der Waals surface area contributed by atoms with Crippen molar-refractivity contribution in [2.75, 3.05) is 13.2 Å². The van der Waals surface area contributed by atoms with Crippen LogP contribution in [0.5, 0.6) is 0 Å². The molecule has 1 atom stereocenters. The zero-order chi connectivity index (χ0) is 21.5. The van der Waals surface area contributed by atoms with Crippen LogP contribution >= 0.6 is 0 Å². The highest BCUT2D eigenvalue weighted by molar-refractivity contribution is 5.97. The van der Waals surface area contributed by atoms with Crippen molar-refractivity contribution in [2.45, 2.75) is 38.7 Å². The molecule has 156 valence electrons. The van der Waals surface area contributed by atoms with Crippen LogP contribution in [0.15, 0.2) is 36.2 Å². The predicted molar refractivity (Wildman–Crippen MR) is 93.1 cm³/mol. The number of carboxylic acid groups (broad SMARTS) is 1. The molecule has 1 aromatic carbocycles. The number of rotatable bonds is 5. The van der Waals surface area contributed by atoms with Crippen LogP contribution in [-0.2, 0) is 16.0 Å². The summed E-state index contributed by atoms with van der Waals surface area (Å²) >= 11 is 0. The van der Waals surface area contributed by atoms with Crippen LogP contribution in [0.4, 0.5) is 17.6 Å². The first-order chi connectivity index (χ1) is 13.0. The Kier molecular flexibility index (Phi) is 8.58. The Morgan fingerprint density at radius 1 is 1.39 bits per heavy atom. The van der Waals surface area contributed by atoms with E-state index < -0.39 is 18.4 Å². The van der Waals surface area contributed by atoms with E-state index >= 15 is 0 Å². The summed E-state index contributed by atoms with van der Waals surface area (Å²) in [6.45, 7) is 4.08. The summed E-state index contributed by atoms with van der Waals surface area (Å²) in [5.41, 5.74) is 7.48. The van der Waals surface area contributed by atoms with Crippen LogP contribution in [0.2, 0.25) is 0 Å². The van der Waals surface area contributed by atoms with Crippen LogP contribution in [0.25, 0.3) is 0 Å². The smallest absolute Gasteiger partial charge is 0.475 e. The first kappa shape index (κ1) is 23.6. The number of carbonyl (C=O) groups excluding carboxylic acids is 1. The molecule has 1 unspecified atom stereocenters. The minimum atomic E-state index is -5.08. The van der Waals surface area contributed by atoms with Crippen molar-refractivity contribution in [1.29, 1.82) is 0 Å². The minimum Gasteiger partial charge on any atom is -0.475 e. The van der Waals surface area contributed by atoms with Gasteiger partial charge in [0, 0.05) is 24.6 Å². The molecule has 6 nitrogen and oxygen atoms in total. The summed E-state index contributed by atoms with van der Waals surface area (Å²) < 4.78 is 50.1. The monoisotopic (exact) mass is 406 g/mol. The van der Waals surface area contributed by atoms with E-state index in [1.54, 1.807) is 4.90 Å². The molecule has 0 aromatic heterocycles. The molecule has 0 radical (unpaired) electrons. The Morgan fingerprint density at radius 2 is 1.96 bits per heavy atom. The fourth-order valence-electron chi connectivity index (χ4n) is 2.51. The van der Waals surface area contributed by atoms with Gasteiger partial charge in [-0.3, -0.25) is 4.79 Å². The first-order valence-electron chi connectivity index (χ1n) is 8.33. The number of halogens is 4. The van der Waals surface area contributed by atoms with Gasteiger partial charge in [0.25, 0.3) is 5.91 Å². The van der Waals surface area contributed by atoms with Gasteiger partial charge in [0.15, 0.2) is 0 Å². The molecule has 1 aliphatic heterocycles. The summed E-state index contributed by atoms with van der Waals surface area (Å²) in [6, 6.07) is 7.52. The maximum atomic E-state index is 12.6. The highest BCUT2D eigenvalue weighted by Gasteiger charge is 2.38. The van der Waals surface area contributed by atoms with Crippen molar-refractivity contribution in [2.24, 2.45) is 5.73 Å². The van der Waals surface area contributed by atoms with Crippen LogP contribution in [-0.4, -0.2) is 53.5 Å². The number of carboxylic acids is 1. The van der Waals surface area contributed by atoms with E-state index in [-0.39, 0.29) is 25.1 Å². The minimum absolute atomic E-state index is 0.00605. The highest BCUT2D eigenvalue weighted by Crippen LogP contribution is 2.26. The fourth-order valence-corrected chi connectivity index (χ4v) is 2.51. The van der Waals surface area contributed by atoms with Gasteiger partial charge in [0.2, 0.25) is 0 Å². The number of ether oxygens (including phenoxy) is 1. The second-order valence-corrected chi connectivity index (χ2v) is 6.21. The molecule has 1 aromatic rings. The van der Waals surface area contributed by atoms with Gasteiger partial charge in [-0.05, 0) is 31.1 Å². The molecular formula is C18H22F4N2O4. The third-order valence-corrected chi connectivity index (χ3v) is 3.86. The molecule has 0 aliphatic carbocycles. The van der Waals surface area contributed by atoms with Crippen molar-refractivity contribution in [3.63, 3.8) is 0 Å². The second kappa shape index (κ2) is 10.2. The quantitative estimate of drug-likeness (QED) is 0.734. The number of carbonyl (C=O) groups is 2. The fraction of sp³-hybridized carbons (Fsp3) is 0.444. The van der Waals surface area contributed by atoms with Crippen LogP contribution < -0.4 is 5.73 Å². The van der Waals surface area contributed by atoms with Crippen molar-refractivity contribution in [1.82, 2.24) is 4.90 Å². The van der Waals surface area contributed by atoms with Gasteiger partial charge in [0.1, 0.15) is 6.23 Å². The molecule has 0 saturated heterocycles. The molecule has 0 spiro atoms. The van der Waals surface area contributed by atoms with Gasteiger partial charge in [-0.2, -0.15) is 13.2 Å². The Labute approximate surface area is 159 Å². The highest BCUT2D eigenvalue weighted by atomic mass is 19.4. The van der Waals surface area contributed by atoms with Crippen LogP contribution in [0.1, 0.15) is 29.8 Å². The average molecular weight is 406 g/mol. The summed E-state index contributed by atoms with van der Waals surface area (Å²) in [7, 11) is 0. The van der Waals surface area contributed by atoms with Gasteiger partial charge in [-0.15, -0.1) is 0 Å². The van der Waals surface area contributed by atoms with E-state index in [0.29, 0.717) is 23.9 Å². The lowest BCUT2D eigenvalue weighted by atomic mass is 9.97. The summed E-state index contributed by atoms with van der Waals surface area (Å²) in [5.74, 6) is -2.80. The third kappa shape index (κ3) is 6.31. The average Bonchev–Trinajstić information content (AvgIpc) is 2.62. The second-order valence-electron chi connectivity index (χ2n) is 6.21. The summed E-state index contributed by atoms with van der Waals surface area (Å²) in [4.78, 5) is 23.2. The van der Waals surface area contributed by atoms with Gasteiger partial charge in [-0.25, -0.2) is 9.18 Å². The largest absolute Gasteiger partial charge is 0.490 e. The number of alkyl halides is 3. The molecule has 3 N–H and O–H groups in total. The van der Waals surface area contributed by atoms with E-state index in [0.717, 1.165) is 5.56 Å². The Bertz CT molecular complexity index is 720. The SMILES string of the molecule is CC(C)N1C(=O)c2ccccc2CC1OCC(=CF)CN.O=C(O)C(F)(F)F. The molecule has 28 heavy (non-hydrogen) atoms. The molecule has 0 fully saturated rings. The summed E-state index contributed by atoms with van der Waals surface area (Å²) in [6.07, 6.45) is -4.41. The van der Waals surface area contributed by atoms with Gasteiger partial charge in [0.05, 0.1) is 12.9 Å². The lowest BCUT2D eigenvalue weighted by molar-refractivity contribution is -0.192. The van der Waals surface area contributed by atoms with Crippen molar-refractivity contribution < 1.29 is 37.0 Å². The van der Waals surface area contributed by atoms with Crippen LogP contribution in [0, 0.1) is 0 Å². The number of fused-ring (bicyclic) bond motifs is 1. The number of benzene rings is 1. The van der Waals surface area contributed by atoms with Crippen LogP contribution in [0.3, 0.4) is 0 Å². The number of nitrogens with two attached hydrogens (primary N) is 1. The number of aliphatic carboxylic acids is 1. The number of hydrogen-bond donors (Lipinski definition) is 2. The molecule has 1 amide bonds. The van der Waals surface area contributed by atoms with Gasteiger partial charge >= 0.3 is 12.1 Å². The standard InChI is InChI=1S/C16H21FN2O2.C2HF3O2/c1-11(2)19-15(21-10-12(8-17)9-18)7-13-5-3-4-6-14(13)16(19)20;3-2(4,5)1(6)7/h3-6,8,11,15H,7,9-10,18H2,1-2H3;(H,6,7). The lowest BCUT2D eigenvalue weighted by Gasteiger charge is -2.39. The van der Waals surface area contributed by atoms with Crippen molar-refractivity contribution >= 4 is 11.9 Å². The Morgan fingerprint density at radius 3 is 2.43 bits per heavy atom. The van der Waals surface area contributed by atoms with E-state index in [9.17, 15) is 22.4 Å². The predicted octanol–water partition coefficient (Wildman–Crippen LogP) is 2.88. The summed E-state index contributed by atoms with van der Waals surface area (Å²) in [5, 5.41) is 7.12. The Balaban J connectivity index is 0.000000480. The number of amides is 1. The zero-order valence-corrected chi connectivity index (χ0v) is 15.4. The van der Waals surface area contributed by atoms with Gasteiger partial charge < -0.3 is 20.5 Å². The van der Waals surface area contributed by atoms with Crippen molar-refractivity contribution in [3.05, 3.63) is 47.3 Å². The molecule has 2 rings (SSSR count). The van der Waals surface area contributed by atoms with E-state index in [4.69, 9.17) is 20.4 Å². The molecule has 0 bridgehead atoms. The van der Waals surface area contributed by atoms with Gasteiger partial charge in [-0.1, -0.05) is 18.2 Å². The lowest BCUT2D eigenvalue weighted by Crippen LogP contribution is -2.50. The normalized spacial score (nSPS) is 17.1. The number of nitrogens with zero attached hydrogens (tertiary/aromatic N) is 1. The molecule has 0 saturated carbocycles. The van der Waals surface area contributed by atoms with E-state index in [1.165, 1.54) is 0 Å². The topological polar surface area (TPSA) is 92.9 Å². The third-order valence-electron chi connectivity index (χ3n) is 3.86. The molecule has 10 heteroatoms. The molecule has 1 aliphatic rings. The maximum absolute atomic E-state index is 12.6. The number of hydrogen-bond acceptors (Lipinski definition) is 4. The maximum Gasteiger partial charge on any atom is 0.490 e. The molecular weight excluding hydrogens is 384 g/mol.